The van der Waals surface area contributed by atoms with Crippen LogP contribution in [0.3, 0.4) is 0 Å². The molecule has 0 radical (unpaired) electrons. The molecule has 1 N–H and O–H groups in total. The average Bonchev–Trinajstić information content (AvgIpc) is 3.34. The number of fused-ring (bicyclic) bond motifs is 3. The van der Waals surface area contributed by atoms with Gasteiger partial charge in [0.2, 0.25) is 5.43 Å². The molecule has 3 aromatic rings. The van der Waals surface area contributed by atoms with Crippen LogP contribution in [0.25, 0.3) is 16.6 Å². The van der Waals surface area contributed by atoms with Crippen molar-refractivity contribution in [2.24, 2.45) is 11.8 Å². The molecule has 178 valence electrons. The zero-order valence-electron chi connectivity index (χ0n) is 18.8. The minimum absolute atomic E-state index is 0.138. The molecule has 9 heteroatoms. The topological polar surface area (TPSA) is 65.8 Å². The Balaban J connectivity index is 1.66. The first-order valence-corrected chi connectivity index (χ1v) is 11.1. The molecule has 1 saturated carbocycles. The molecule has 3 atom stereocenters. The van der Waals surface area contributed by atoms with E-state index in [9.17, 15) is 23.5 Å². The van der Waals surface area contributed by atoms with Crippen molar-refractivity contribution in [2.45, 2.75) is 18.9 Å². The number of carboxylic acid groups (broad SMARTS) is 1. The van der Waals surface area contributed by atoms with Crippen molar-refractivity contribution in [3.8, 4) is 5.69 Å². The molecule has 1 aliphatic carbocycles. The van der Waals surface area contributed by atoms with E-state index in [0.717, 1.165) is 43.8 Å². The number of nitrogens with zero attached hydrogens (tertiary/aromatic N) is 3. The van der Waals surface area contributed by atoms with Gasteiger partial charge in [0.05, 0.1) is 16.9 Å². The van der Waals surface area contributed by atoms with Gasteiger partial charge < -0.3 is 19.5 Å². The third-order valence-corrected chi connectivity index (χ3v) is 7.07. The van der Waals surface area contributed by atoms with Gasteiger partial charge in [-0.25, -0.2) is 18.0 Å². The Morgan fingerprint density at radius 1 is 1.09 bits per heavy atom. The highest BCUT2D eigenvalue weighted by molar-refractivity contribution is 5.94. The van der Waals surface area contributed by atoms with Crippen LogP contribution in [0, 0.1) is 29.3 Å². The van der Waals surface area contributed by atoms with Crippen molar-refractivity contribution in [1.82, 2.24) is 9.47 Å². The van der Waals surface area contributed by atoms with Gasteiger partial charge in [-0.3, -0.25) is 4.79 Å². The molecule has 1 aromatic heterocycles. The lowest BCUT2D eigenvalue weighted by atomic mass is 9.94. The number of rotatable bonds is 5. The van der Waals surface area contributed by atoms with Crippen molar-refractivity contribution in [2.75, 3.05) is 32.1 Å². The largest absolute Gasteiger partial charge is 0.477 e. The van der Waals surface area contributed by atoms with Crippen LogP contribution < -0.4 is 10.3 Å². The summed E-state index contributed by atoms with van der Waals surface area (Å²) in [5.74, 6) is -2.92. The Hall–Kier alpha value is -3.33. The van der Waals surface area contributed by atoms with E-state index in [-0.39, 0.29) is 22.6 Å². The fourth-order valence-corrected chi connectivity index (χ4v) is 5.63. The molecule has 34 heavy (non-hydrogen) atoms. The van der Waals surface area contributed by atoms with Crippen LogP contribution in [0.1, 0.15) is 23.2 Å². The van der Waals surface area contributed by atoms with Crippen LogP contribution in [0.5, 0.6) is 0 Å². The molecule has 1 saturated heterocycles. The van der Waals surface area contributed by atoms with Crippen molar-refractivity contribution < 1.29 is 23.1 Å². The zero-order chi connectivity index (χ0) is 24.3. The SMILES string of the molecule is CN(C)C[C@@H]1C[C@H]2C[C@@H]1CN2c1cc2c(cc1F)c(=O)c(C(=O)O)cn2-c1ccc(F)cc1F. The molecule has 2 aliphatic rings. The second-order valence-electron chi connectivity index (χ2n) is 9.52. The van der Waals surface area contributed by atoms with Gasteiger partial charge in [-0.1, -0.05) is 0 Å². The van der Waals surface area contributed by atoms with E-state index < -0.39 is 34.4 Å². The molecular formula is C25H24F3N3O3. The maximum atomic E-state index is 15.3. The molecule has 0 unspecified atom stereocenters. The number of pyridine rings is 1. The van der Waals surface area contributed by atoms with Gasteiger partial charge in [0.25, 0.3) is 0 Å². The Bertz CT molecular complexity index is 1370. The summed E-state index contributed by atoms with van der Waals surface area (Å²) in [5.41, 5.74) is -1.18. The van der Waals surface area contributed by atoms with Gasteiger partial charge in [0.15, 0.2) is 0 Å². The molecule has 2 aromatic carbocycles. The van der Waals surface area contributed by atoms with Crippen LogP contribution in [0.15, 0.2) is 41.3 Å². The van der Waals surface area contributed by atoms with Crippen LogP contribution in [-0.4, -0.2) is 53.8 Å². The van der Waals surface area contributed by atoms with Crippen molar-refractivity contribution in [3.05, 3.63) is 69.8 Å². The molecule has 0 spiro atoms. The van der Waals surface area contributed by atoms with Crippen LogP contribution in [0.2, 0.25) is 0 Å². The molecule has 2 heterocycles. The van der Waals surface area contributed by atoms with Gasteiger partial charge in [0, 0.05) is 36.8 Å². The number of anilines is 1. The molecule has 5 rings (SSSR count). The third-order valence-electron chi connectivity index (χ3n) is 7.07. The average molecular weight is 471 g/mol. The Morgan fingerprint density at radius 3 is 2.44 bits per heavy atom. The second-order valence-corrected chi connectivity index (χ2v) is 9.52. The second kappa shape index (κ2) is 8.16. The Morgan fingerprint density at radius 2 is 1.82 bits per heavy atom. The fourth-order valence-electron chi connectivity index (χ4n) is 5.63. The number of carbonyl (C=O) groups is 1. The monoisotopic (exact) mass is 471 g/mol. The maximum absolute atomic E-state index is 15.3. The number of halogens is 3. The van der Waals surface area contributed by atoms with Gasteiger partial charge in [-0.15, -0.1) is 0 Å². The zero-order valence-corrected chi connectivity index (χ0v) is 18.8. The van der Waals surface area contributed by atoms with E-state index in [2.05, 4.69) is 4.90 Å². The number of carboxylic acids is 1. The van der Waals surface area contributed by atoms with Gasteiger partial charge in [0.1, 0.15) is 23.0 Å². The number of aromatic carboxylic acids is 1. The van der Waals surface area contributed by atoms with Gasteiger partial charge in [-0.2, -0.15) is 0 Å². The van der Waals surface area contributed by atoms with E-state index in [1.165, 1.54) is 10.6 Å². The summed E-state index contributed by atoms with van der Waals surface area (Å²) in [4.78, 5) is 28.6. The lowest BCUT2D eigenvalue weighted by molar-refractivity contribution is 0.0695. The normalized spacial score (nSPS) is 21.7. The van der Waals surface area contributed by atoms with E-state index in [1.54, 1.807) is 0 Å². The molecule has 0 amide bonds. The Labute approximate surface area is 193 Å². The highest BCUT2D eigenvalue weighted by atomic mass is 19.1. The molecule has 1 aliphatic heterocycles. The van der Waals surface area contributed by atoms with Crippen LogP contribution >= 0.6 is 0 Å². The van der Waals surface area contributed by atoms with E-state index >= 15 is 4.39 Å². The first-order chi connectivity index (χ1) is 16.1. The lowest BCUT2D eigenvalue weighted by Gasteiger charge is -2.34. The van der Waals surface area contributed by atoms with E-state index in [1.807, 2.05) is 19.0 Å². The molecule has 2 fully saturated rings. The first-order valence-electron chi connectivity index (χ1n) is 11.1. The van der Waals surface area contributed by atoms with Crippen molar-refractivity contribution in [3.63, 3.8) is 0 Å². The van der Waals surface area contributed by atoms with Crippen LogP contribution in [0.4, 0.5) is 18.9 Å². The fraction of sp³-hybridized carbons (Fsp3) is 0.360. The molecular weight excluding hydrogens is 447 g/mol. The Kier molecular flexibility index (Phi) is 5.39. The van der Waals surface area contributed by atoms with Gasteiger partial charge >= 0.3 is 5.97 Å². The maximum Gasteiger partial charge on any atom is 0.341 e. The summed E-state index contributed by atoms with van der Waals surface area (Å²) < 4.78 is 44.7. The highest BCUT2D eigenvalue weighted by Gasteiger charge is 2.45. The summed E-state index contributed by atoms with van der Waals surface area (Å²) >= 11 is 0. The van der Waals surface area contributed by atoms with Crippen molar-refractivity contribution in [1.29, 1.82) is 0 Å². The van der Waals surface area contributed by atoms with Crippen molar-refractivity contribution >= 4 is 22.6 Å². The summed E-state index contributed by atoms with van der Waals surface area (Å²) in [6, 6.07) is 5.53. The standard InChI is InChI=1S/C25H24F3N3O3/c1-29(2)10-13-5-16-6-14(13)11-30(16)23-9-22-17(8-20(23)28)24(32)18(25(33)34)12-31(22)21-4-3-15(26)7-19(21)27/h3-4,7-9,12-14,16H,5-6,10-11H2,1-2H3,(H,33,34)/t13-,14+,16-/m0/s1. The van der Waals surface area contributed by atoms with Gasteiger partial charge in [-0.05, 0) is 63.0 Å². The molecule has 6 nitrogen and oxygen atoms in total. The predicted octanol–water partition coefficient (Wildman–Crippen LogP) is 3.88. The number of hydrogen-bond acceptors (Lipinski definition) is 4. The number of piperidine rings is 1. The highest BCUT2D eigenvalue weighted by Crippen LogP contribution is 2.45. The first kappa shape index (κ1) is 22.5. The lowest BCUT2D eigenvalue weighted by Crippen LogP contribution is -2.39. The van der Waals surface area contributed by atoms with E-state index in [0.29, 0.717) is 30.1 Å². The summed E-state index contributed by atoms with van der Waals surface area (Å²) in [5, 5.41) is 9.31. The predicted molar refractivity (Wildman–Crippen MR) is 122 cm³/mol. The van der Waals surface area contributed by atoms with E-state index in [4.69, 9.17) is 0 Å². The summed E-state index contributed by atoms with van der Waals surface area (Å²) in [6.07, 6.45) is 2.89. The van der Waals surface area contributed by atoms with Crippen LogP contribution in [-0.2, 0) is 0 Å². The summed E-state index contributed by atoms with van der Waals surface area (Å²) in [7, 11) is 4.07. The quantitative estimate of drug-likeness (QED) is 0.612. The number of hydrogen-bond donors (Lipinski definition) is 1. The minimum atomic E-state index is -1.52. The molecule has 2 bridgehead atoms. The minimum Gasteiger partial charge on any atom is -0.477 e. The number of benzene rings is 2. The third kappa shape index (κ3) is 3.64. The number of aromatic nitrogens is 1. The smallest absolute Gasteiger partial charge is 0.341 e. The summed E-state index contributed by atoms with van der Waals surface area (Å²) in [6.45, 7) is 1.64.